The molecule has 2 rings (SSSR count). The fourth-order valence-corrected chi connectivity index (χ4v) is 2.28. The van der Waals surface area contributed by atoms with Gasteiger partial charge in [-0.2, -0.15) is 0 Å². The molecule has 18 heavy (non-hydrogen) atoms. The topological polar surface area (TPSA) is 25.2 Å². The van der Waals surface area contributed by atoms with E-state index in [1.165, 1.54) is 11.1 Å². The molecule has 1 N–H and O–H groups in total. The lowest BCUT2D eigenvalue weighted by atomic mass is 9.94. The number of benzene rings is 1. The van der Waals surface area contributed by atoms with E-state index >= 15 is 0 Å². The molecule has 2 aromatic rings. The predicted octanol–water partition coefficient (Wildman–Crippen LogP) is 3.21. The summed E-state index contributed by atoms with van der Waals surface area (Å²) in [5.74, 6) is 1.64. The largest absolute Gasteiger partial charge is 0.469 e. The molecule has 96 valence electrons. The number of furan rings is 1. The molecule has 0 bridgehead atoms. The van der Waals surface area contributed by atoms with Gasteiger partial charge >= 0.3 is 0 Å². The molecule has 0 amide bonds. The summed E-state index contributed by atoms with van der Waals surface area (Å²) in [6.07, 6.45) is 3.82. The molecular formula is C16H21NO. The lowest BCUT2D eigenvalue weighted by molar-refractivity contribution is 0.425. The van der Waals surface area contributed by atoms with Crippen molar-refractivity contribution in [1.82, 2.24) is 5.32 Å². The zero-order valence-electron chi connectivity index (χ0n) is 11.1. The first-order valence-electron chi connectivity index (χ1n) is 6.50. The lowest BCUT2D eigenvalue weighted by Gasteiger charge is -2.15. The van der Waals surface area contributed by atoms with Gasteiger partial charge in [-0.3, -0.25) is 0 Å². The first kappa shape index (κ1) is 12.9. The van der Waals surface area contributed by atoms with Gasteiger partial charge in [-0.05, 0) is 50.6 Å². The molecule has 0 fully saturated rings. The van der Waals surface area contributed by atoms with Crippen LogP contribution in [-0.2, 0) is 12.8 Å². The Morgan fingerprint density at radius 3 is 2.50 bits per heavy atom. The normalized spacial score (nSPS) is 12.6. The van der Waals surface area contributed by atoms with Gasteiger partial charge in [0.2, 0.25) is 0 Å². The SMILES string of the molecule is CNCC(Cc1ccc(C)cc1)Cc1ccco1. The molecule has 0 radical (unpaired) electrons. The summed E-state index contributed by atoms with van der Waals surface area (Å²) < 4.78 is 5.44. The highest BCUT2D eigenvalue weighted by Gasteiger charge is 2.11. The molecule has 2 heteroatoms. The summed E-state index contributed by atoms with van der Waals surface area (Å²) in [5, 5.41) is 3.27. The summed E-state index contributed by atoms with van der Waals surface area (Å²) in [4.78, 5) is 0. The van der Waals surface area contributed by atoms with Gasteiger partial charge in [0, 0.05) is 6.42 Å². The number of nitrogens with one attached hydrogen (secondary N) is 1. The molecule has 2 nitrogen and oxygen atoms in total. The molecule has 0 saturated heterocycles. The van der Waals surface area contributed by atoms with E-state index in [-0.39, 0.29) is 0 Å². The van der Waals surface area contributed by atoms with Crippen molar-refractivity contribution in [3.63, 3.8) is 0 Å². The van der Waals surface area contributed by atoms with Crippen molar-refractivity contribution in [2.24, 2.45) is 5.92 Å². The van der Waals surface area contributed by atoms with Crippen molar-refractivity contribution in [2.75, 3.05) is 13.6 Å². The van der Waals surface area contributed by atoms with E-state index in [0.717, 1.165) is 25.1 Å². The van der Waals surface area contributed by atoms with Gasteiger partial charge in [0.25, 0.3) is 0 Å². The van der Waals surface area contributed by atoms with Crippen LogP contribution in [0.2, 0.25) is 0 Å². The van der Waals surface area contributed by atoms with Gasteiger partial charge in [0.05, 0.1) is 6.26 Å². The molecule has 1 aromatic carbocycles. The molecular weight excluding hydrogens is 222 g/mol. The van der Waals surface area contributed by atoms with Crippen molar-refractivity contribution >= 4 is 0 Å². The van der Waals surface area contributed by atoms with Gasteiger partial charge in [-0.1, -0.05) is 29.8 Å². The third-order valence-electron chi connectivity index (χ3n) is 3.21. The standard InChI is InChI=1S/C16H21NO/c1-13-5-7-14(8-6-13)10-15(12-17-2)11-16-4-3-9-18-16/h3-9,15,17H,10-12H2,1-2H3. The van der Waals surface area contributed by atoms with Crippen LogP contribution in [0, 0.1) is 12.8 Å². The number of rotatable bonds is 6. The van der Waals surface area contributed by atoms with E-state index in [0.29, 0.717) is 5.92 Å². The van der Waals surface area contributed by atoms with E-state index < -0.39 is 0 Å². The number of aryl methyl sites for hydroxylation is 1. The monoisotopic (exact) mass is 243 g/mol. The van der Waals surface area contributed by atoms with Crippen LogP contribution in [0.5, 0.6) is 0 Å². The highest BCUT2D eigenvalue weighted by molar-refractivity contribution is 5.22. The average Bonchev–Trinajstić information content (AvgIpc) is 2.85. The van der Waals surface area contributed by atoms with Crippen LogP contribution in [-0.4, -0.2) is 13.6 Å². The first-order chi connectivity index (χ1) is 8.78. The van der Waals surface area contributed by atoms with Crippen molar-refractivity contribution in [2.45, 2.75) is 19.8 Å². The van der Waals surface area contributed by atoms with E-state index in [1.807, 2.05) is 13.1 Å². The van der Waals surface area contributed by atoms with Crippen LogP contribution in [0.3, 0.4) is 0 Å². The van der Waals surface area contributed by atoms with E-state index in [2.05, 4.69) is 42.6 Å². The Morgan fingerprint density at radius 2 is 1.89 bits per heavy atom. The van der Waals surface area contributed by atoms with Crippen molar-refractivity contribution in [3.8, 4) is 0 Å². The van der Waals surface area contributed by atoms with Crippen molar-refractivity contribution in [1.29, 1.82) is 0 Å². The van der Waals surface area contributed by atoms with Crippen LogP contribution >= 0.6 is 0 Å². The molecule has 1 atom stereocenters. The Labute approximate surface area is 109 Å². The zero-order chi connectivity index (χ0) is 12.8. The minimum Gasteiger partial charge on any atom is -0.469 e. The van der Waals surface area contributed by atoms with Crippen LogP contribution in [0.4, 0.5) is 0 Å². The summed E-state index contributed by atoms with van der Waals surface area (Å²) in [6, 6.07) is 12.8. The van der Waals surface area contributed by atoms with E-state index in [9.17, 15) is 0 Å². The molecule has 0 aliphatic heterocycles. The number of hydrogen-bond donors (Lipinski definition) is 1. The van der Waals surface area contributed by atoms with Crippen LogP contribution in [0.25, 0.3) is 0 Å². The minimum atomic E-state index is 0.573. The van der Waals surface area contributed by atoms with Crippen LogP contribution in [0.1, 0.15) is 16.9 Å². The Bertz CT molecular complexity index is 444. The average molecular weight is 243 g/mol. The second-order valence-corrected chi connectivity index (χ2v) is 4.90. The van der Waals surface area contributed by atoms with Crippen LogP contribution < -0.4 is 5.32 Å². The second kappa shape index (κ2) is 6.41. The molecule has 0 spiro atoms. The highest BCUT2D eigenvalue weighted by atomic mass is 16.3. The Morgan fingerprint density at radius 1 is 1.11 bits per heavy atom. The Kier molecular flexibility index (Phi) is 4.59. The summed E-state index contributed by atoms with van der Waals surface area (Å²) in [7, 11) is 2.00. The molecule has 0 aliphatic carbocycles. The van der Waals surface area contributed by atoms with Crippen LogP contribution in [0.15, 0.2) is 47.1 Å². The zero-order valence-corrected chi connectivity index (χ0v) is 11.1. The van der Waals surface area contributed by atoms with Gasteiger partial charge in [0.1, 0.15) is 5.76 Å². The quantitative estimate of drug-likeness (QED) is 0.842. The highest BCUT2D eigenvalue weighted by Crippen LogP contribution is 2.15. The predicted molar refractivity (Wildman–Crippen MR) is 74.7 cm³/mol. The molecule has 1 aromatic heterocycles. The molecule has 1 unspecified atom stereocenters. The lowest BCUT2D eigenvalue weighted by Crippen LogP contribution is -2.22. The fourth-order valence-electron chi connectivity index (χ4n) is 2.28. The fraction of sp³-hybridized carbons (Fsp3) is 0.375. The van der Waals surface area contributed by atoms with Crippen molar-refractivity contribution < 1.29 is 4.42 Å². The molecule has 1 heterocycles. The summed E-state index contributed by atoms with van der Waals surface area (Å²) in [6.45, 7) is 3.13. The maximum Gasteiger partial charge on any atom is 0.104 e. The van der Waals surface area contributed by atoms with Gasteiger partial charge < -0.3 is 9.73 Å². The minimum absolute atomic E-state index is 0.573. The smallest absolute Gasteiger partial charge is 0.104 e. The number of hydrogen-bond acceptors (Lipinski definition) is 2. The van der Waals surface area contributed by atoms with Gasteiger partial charge in [0.15, 0.2) is 0 Å². The third-order valence-corrected chi connectivity index (χ3v) is 3.21. The Balaban J connectivity index is 1.99. The second-order valence-electron chi connectivity index (χ2n) is 4.90. The summed E-state index contributed by atoms with van der Waals surface area (Å²) >= 11 is 0. The van der Waals surface area contributed by atoms with Crippen molar-refractivity contribution in [3.05, 3.63) is 59.5 Å². The molecule has 0 saturated carbocycles. The van der Waals surface area contributed by atoms with Gasteiger partial charge in [-0.25, -0.2) is 0 Å². The Hall–Kier alpha value is -1.54. The van der Waals surface area contributed by atoms with E-state index in [1.54, 1.807) is 6.26 Å². The third kappa shape index (κ3) is 3.74. The summed E-state index contributed by atoms with van der Waals surface area (Å²) in [5.41, 5.74) is 2.71. The van der Waals surface area contributed by atoms with Gasteiger partial charge in [-0.15, -0.1) is 0 Å². The maximum atomic E-state index is 5.44. The maximum absolute atomic E-state index is 5.44. The molecule has 0 aliphatic rings. The first-order valence-corrected chi connectivity index (χ1v) is 6.50. The van der Waals surface area contributed by atoms with E-state index in [4.69, 9.17) is 4.42 Å².